The number of aliphatic carboxylic acids is 1. The van der Waals surface area contributed by atoms with Crippen LogP contribution in [0.4, 0.5) is 26.3 Å². The molecule has 1 amide bonds. The lowest BCUT2D eigenvalue weighted by Crippen LogP contribution is -2.48. The lowest BCUT2D eigenvalue weighted by molar-refractivity contribution is -0.274. The smallest absolute Gasteiger partial charge is 0.480 e. The Morgan fingerprint density at radius 3 is 2.46 bits per heavy atom. The maximum absolute atomic E-state index is 13.6. The van der Waals surface area contributed by atoms with Crippen LogP contribution in [0, 0.1) is 6.92 Å². The molecule has 2 atom stereocenters. The van der Waals surface area contributed by atoms with E-state index >= 15 is 0 Å². The van der Waals surface area contributed by atoms with Crippen LogP contribution in [0.3, 0.4) is 0 Å². The van der Waals surface area contributed by atoms with Crippen molar-refractivity contribution in [2.45, 2.75) is 44.4 Å². The van der Waals surface area contributed by atoms with Gasteiger partial charge in [-0.3, -0.25) is 4.79 Å². The maximum atomic E-state index is 13.6. The maximum Gasteiger partial charge on any atom is 0.573 e. The molecular formula is C19H20F6N4O6. The van der Waals surface area contributed by atoms with Crippen LogP contribution >= 0.6 is 0 Å². The molecule has 2 rings (SSSR count). The molecule has 1 aromatic carbocycles. The predicted octanol–water partition coefficient (Wildman–Crippen LogP) is 2.24. The molecule has 16 heteroatoms. The van der Waals surface area contributed by atoms with E-state index in [4.69, 9.17) is 15.7 Å². The first-order chi connectivity index (χ1) is 16.1. The fraction of sp³-hybridized carbons (Fsp3) is 0.421. The lowest BCUT2D eigenvalue weighted by atomic mass is 9.97. The van der Waals surface area contributed by atoms with Crippen molar-refractivity contribution in [2.75, 3.05) is 6.54 Å². The molecule has 0 radical (unpaired) electrons. The summed E-state index contributed by atoms with van der Waals surface area (Å²) in [5, 5.41) is 24.7. The summed E-state index contributed by atoms with van der Waals surface area (Å²) in [6.07, 6.45) is -12.5. The number of carbonyl (C=O) groups excluding carboxylic acids is 1. The Morgan fingerprint density at radius 1 is 1.26 bits per heavy atom. The first-order valence-corrected chi connectivity index (χ1v) is 9.72. The molecule has 0 aromatic heterocycles. The van der Waals surface area contributed by atoms with Gasteiger partial charge in [-0.15, -0.1) is 13.2 Å². The molecule has 35 heavy (non-hydrogen) atoms. The van der Waals surface area contributed by atoms with E-state index in [1.165, 1.54) is 6.92 Å². The number of nitrogens with zero attached hydrogens (tertiary/aromatic N) is 1. The van der Waals surface area contributed by atoms with E-state index in [9.17, 15) is 41.0 Å². The summed E-state index contributed by atoms with van der Waals surface area (Å²) >= 11 is 0. The highest BCUT2D eigenvalue weighted by atomic mass is 19.4. The van der Waals surface area contributed by atoms with Gasteiger partial charge in [-0.1, -0.05) is 5.16 Å². The Balaban J connectivity index is 2.33. The van der Waals surface area contributed by atoms with Crippen LogP contribution in [0.25, 0.3) is 6.08 Å². The molecule has 0 bridgehead atoms. The second kappa shape index (κ2) is 10.6. The van der Waals surface area contributed by atoms with Crippen LogP contribution in [0.5, 0.6) is 11.5 Å². The molecular weight excluding hydrogens is 494 g/mol. The van der Waals surface area contributed by atoms with E-state index in [-0.39, 0.29) is 36.5 Å². The van der Waals surface area contributed by atoms with E-state index in [1.807, 2.05) is 5.32 Å². The normalized spacial score (nSPS) is 16.9. The Labute approximate surface area is 193 Å². The zero-order chi connectivity index (χ0) is 26.6. The molecule has 0 spiro atoms. The average molecular weight is 514 g/mol. The van der Waals surface area contributed by atoms with E-state index in [0.29, 0.717) is 6.08 Å². The molecule has 0 saturated carbocycles. The van der Waals surface area contributed by atoms with Gasteiger partial charge in [-0.05, 0) is 43.5 Å². The van der Waals surface area contributed by atoms with Crippen LogP contribution in [0.1, 0.15) is 24.0 Å². The molecule has 194 valence electrons. The van der Waals surface area contributed by atoms with Gasteiger partial charge in [0, 0.05) is 12.1 Å². The molecule has 6 N–H and O–H groups in total. The fourth-order valence-electron chi connectivity index (χ4n) is 3.14. The number of hydrogen-bond donors (Lipinski definition) is 5. The van der Waals surface area contributed by atoms with Crippen molar-refractivity contribution in [3.05, 3.63) is 28.8 Å². The van der Waals surface area contributed by atoms with Gasteiger partial charge in [0.15, 0.2) is 0 Å². The molecule has 1 unspecified atom stereocenters. The van der Waals surface area contributed by atoms with E-state index < -0.39 is 53.6 Å². The zero-order valence-corrected chi connectivity index (χ0v) is 17.8. The summed E-state index contributed by atoms with van der Waals surface area (Å²) in [5.41, 5.74) is 3.70. The molecule has 0 fully saturated rings. The van der Waals surface area contributed by atoms with Crippen molar-refractivity contribution in [1.29, 1.82) is 0 Å². The standard InChI is InChI=1S/C19H20F6N4O6/c1-8-5-10(35-19(23,24)25)6-9-7-11(14(18(20,21)22)34-13(8)9)15(30)28-12(16(31)32)3-2-4-27-17(26)29-33/h5-7,12,14,33H,2-4H2,1H3,(H,28,30)(H,31,32)(H3,26,27,29)/t12?,14-/m0/s1. The van der Waals surface area contributed by atoms with E-state index in [2.05, 4.69) is 15.2 Å². The summed E-state index contributed by atoms with van der Waals surface area (Å²) in [6.45, 7) is 1.21. The molecule has 1 aliphatic heterocycles. The van der Waals surface area contributed by atoms with Gasteiger partial charge < -0.3 is 36.2 Å². The number of amides is 1. The Morgan fingerprint density at radius 2 is 1.91 bits per heavy atom. The highest BCUT2D eigenvalue weighted by molar-refractivity contribution is 6.01. The number of carbonyl (C=O) groups is 2. The minimum absolute atomic E-state index is 0.0150. The number of oxime groups is 1. The number of rotatable bonds is 8. The molecule has 10 nitrogen and oxygen atoms in total. The van der Waals surface area contributed by atoms with Crippen molar-refractivity contribution >= 4 is 23.9 Å². The van der Waals surface area contributed by atoms with Crippen molar-refractivity contribution < 1.29 is 55.7 Å². The topological polar surface area (TPSA) is 156 Å². The van der Waals surface area contributed by atoms with Crippen LogP contribution < -0.4 is 25.8 Å². The number of halogens is 6. The van der Waals surface area contributed by atoms with Crippen LogP contribution in [0.2, 0.25) is 0 Å². The third kappa shape index (κ3) is 7.58. The Hall–Kier alpha value is -3.85. The minimum atomic E-state index is -5.11. The van der Waals surface area contributed by atoms with Crippen molar-refractivity contribution in [3.8, 4) is 11.5 Å². The summed E-state index contributed by atoms with van der Waals surface area (Å²) in [5.74, 6) is -4.53. The summed E-state index contributed by atoms with van der Waals surface area (Å²) < 4.78 is 87.4. The Kier molecular flexibility index (Phi) is 8.30. The van der Waals surface area contributed by atoms with Crippen molar-refractivity contribution in [1.82, 2.24) is 10.6 Å². The number of benzene rings is 1. The average Bonchev–Trinajstić information content (AvgIpc) is 2.72. The highest BCUT2D eigenvalue weighted by Crippen LogP contribution is 2.41. The number of alkyl halides is 6. The first-order valence-electron chi connectivity index (χ1n) is 9.72. The number of guanidine groups is 1. The van der Waals surface area contributed by atoms with Gasteiger partial charge in [-0.2, -0.15) is 13.2 Å². The second-order valence-corrected chi connectivity index (χ2v) is 7.26. The second-order valence-electron chi connectivity index (χ2n) is 7.26. The SMILES string of the molecule is Cc1cc(OC(F)(F)F)cc2c1O[C@H](C(F)(F)F)C(C(=O)NC(CCCN/C(N)=N\O)C(=O)O)=C2. The van der Waals surface area contributed by atoms with Crippen molar-refractivity contribution in [3.63, 3.8) is 0 Å². The number of fused-ring (bicyclic) bond motifs is 1. The number of nitrogens with one attached hydrogen (secondary N) is 2. The molecule has 1 heterocycles. The Bertz CT molecular complexity index is 1020. The first kappa shape index (κ1) is 27.4. The van der Waals surface area contributed by atoms with E-state index in [0.717, 1.165) is 12.1 Å². The summed E-state index contributed by atoms with van der Waals surface area (Å²) in [4.78, 5) is 24.1. The van der Waals surface area contributed by atoms with Gasteiger partial charge in [0.2, 0.25) is 12.1 Å². The van der Waals surface area contributed by atoms with Gasteiger partial charge >= 0.3 is 18.5 Å². The number of ether oxygens (including phenoxy) is 2. The minimum Gasteiger partial charge on any atom is -0.480 e. The van der Waals surface area contributed by atoms with E-state index in [1.54, 1.807) is 0 Å². The number of aryl methyl sites for hydroxylation is 1. The molecule has 0 saturated heterocycles. The number of nitrogens with two attached hydrogens (primary N) is 1. The van der Waals surface area contributed by atoms with Crippen LogP contribution in [-0.4, -0.2) is 59.4 Å². The van der Waals surface area contributed by atoms with Gasteiger partial charge in [0.1, 0.15) is 17.5 Å². The van der Waals surface area contributed by atoms with Crippen LogP contribution in [-0.2, 0) is 9.59 Å². The van der Waals surface area contributed by atoms with Crippen LogP contribution in [0.15, 0.2) is 22.9 Å². The summed E-state index contributed by atoms with van der Waals surface area (Å²) in [7, 11) is 0. The quantitative estimate of drug-likeness (QED) is 0.0884. The third-order valence-corrected chi connectivity index (χ3v) is 4.59. The summed E-state index contributed by atoms with van der Waals surface area (Å²) in [6, 6.07) is -0.0701. The van der Waals surface area contributed by atoms with Gasteiger partial charge in [0.05, 0.1) is 5.57 Å². The predicted molar refractivity (Wildman–Crippen MR) is 107 cm³/mol. The zero-order valence-electron chi connectivity index (χ0n) is 17.8. The fourth-order valence-corrected chi connectivity index (χ4v) is 3.14. The number of carboxylic acids is 1. The lowest BCUT2D eigenvalue weighted by Gasteiger charge is -2.30. The van der Waals surface area contributed by atoms with Crippen molar-refractivity contribution in [2.24, 2.45) is 10.9 Å². The number of hydrogen-bond acceptors (Lipinski definition) is 6. The number of carboxylic acid groups (broad SMARTS) is 1. The van der Waals surface area contributed by atoms with Gasteiger partial charge in [-0.25, -0.2) is 4.79 Å². The highest BCUT2D eigenvalue weighted by Gasteiger charge is 2.49. The molecule has 0 aliphatic carbocycles. The van der Waals surface area contributed by atoms with Gasteiger partial charge in [0.25, 0.3) is 5.91 Å². The molecule has 1 aliphatic rings. The largest absolute Gasteiger partial charge is 0.573 e. The monoisotopic (exact) mass is 514 g/mol. The third-order valence-electron chi connectivity index (χ3n) is 4.59. The molecule has 1 aromatic rings.